The smallest absolute Gasteiger partial charge is 0.480 e. The van der Waals surface area contributed by atoms with Crippen LogP contribution in [-0.2, 0) is 14.8 Å². The molecular formula is C12H14F3NO5S. The number of carboxylic acid groups (broad SMARTS) is 1. The molecule has 0 aliphatic rings. The first kappa shape index (κ1) is 18.2. The summed E-state index contributed by atoms with van der Waals surface area (Å²) in [5.41, 5.74) is 0. The van der Waals surface area contributed by atoms with Crippen molar-refractivity contribution in [1.29, 1.82) is 0 Å². The van der Waals surface area contributed by atoms with Gasteiger partial charge in [-0.3, -0.25) is 4.79 Å². The van der Waals surface area contributed by atoms with E-state index in [1.807, 2.05) is 0 Å². The van der Waals surface area contributed by atoms with Crippen LogP contribution in [0.15, 0.2) is 29.2 Å². The van der Waals surface area contributed by atoms with Gasteiger partial charge in [-0.2, -0.15) is 4.31 Å². The van der Waals surface area contributed by atoms with Gasteiger partial charge < -0.3 is 9.84 Å². The van der Waals surface area contributed by atoms with Crippen LogP contribution in [0.2, 0.25) is 0 Å². The average Bonchev–Trinajstić information content (AvgIpc) is 2.33. The lowest BCUT2D eigenvalue weighted by molar-refractivity contribution is -0.274. The molecule has 0 radical (unpaired) electrons. The number of sulfonamides is 1. The van der Waals surface area contributed by atoms with Crippen molar-refractivity contribution >= 4 is 16.0 Å². The number of alkyl halides is 3. The van der Waals surface area contributed by atoms with Crippen molar-refractivity contribution < 1.29 is 36.2 Å². The van der Waals surface area contributed by atoms with Gasteiger partial charge in [0.25, 0.3) is 0 Å². The fourth-order valence-corrected chi connectivity index (χ4v) is 3.27. The number of aliphatic carboxylic acids is 1. The van der Waals surface area contributed by atoms with E-state index in [0.717, 1.165) is 18.2 Å². The van der Waals surface area contributed by atoms with Gasteiger partial charge in [0, 0.05) is 12.1 Å². The van der Waals surface area contributed by atoms with E-state index in [-0.39, 0.29) is 0 Å². The lowest BCUT2D eigenvalue weighted by Gasteiger charge is -2.24. The second-order valence-electron chi connectivity index (χ2n) is 4.56. The molecule has 0 atom stereocenters. The Hall–Kier alpha value is -1.81. The fraction of sp³-hybridized carbons (Fsp3) is 0.417. The minimum Gasteiger partial charge on any atom is -0.480 e. The Kier molecular flexibility index (Phi) is 5.41. The van der Waals surface area contributed by atoms with E-state index in [2.05, 4.69) is 4.74 Å². The van der Waals surface area contributed by atoms with Crippen LogP contribution in [0, 0.1) is 0 Å². The molecule has 0 aliphatic heterocycles. The minimum absolute atomic E-state index is 0.482. The summed E-state index contributed by atoms with van der Waals surface area (Å²) < 4.78 is 65.5. The summed E-state index contributed by atoms with van der Waals surface area (Å²) in [7, 11) is -4.27. The standard InChI is InChI=1S/C12H14F3NO5S/c1-8(2)16(7-11(17)18)22(19,20)10-5-3-4-9(6-10)21-12(13,14)15/h3-6,8H,7H2,1-2H3,(H,17,18). The zero-order valence-electron chi connectivity index (χ0n) is 11.7. The summed E-state index contributed by atoms with van der Waals surface area (Å²) in [5, 5.41) is 8.77. The fourth-order valence-electron chi connectivity index (χ4n) is 1.65. The largest absolute Gasteiger partial charge is 0.573 e. The van der Waals surface area contributed by atoms with Gasteiger partial charge in [0.2, 0.25) is 10.0 Å². The van der Waals surface area contributed by atoms with Gasteiger partial charge in [-0.15, -0.1) is 13.2 Å². The highest BCUT2D eigenvalue weighted by molar-refractivity contribution is 7.89. The highest BCUT2D eigenvalue weighted by atomic mass is 32.2. The van der Waals surface area contributed by atoms with Crippen LogP contribution in [0.25, 0.3) is 0 Å². The Bertz CT molecular complexity index is 642. The summed E-state index contributed by atoms with van der Waals surface area (Å²) in [4.78, 5) is 10.3. The summed E-state index contributed by atoms with van der Waals surface area (Å²) in [6.45, 7) is 2.11. The minimum atomic E-state index is -4.96. The second kappa shape index (κ2) is 6.53. The molecule has 0 aliphatic carbocycles. The molecule has 0 fully saturated rings. The third-order valence-corrected chi connectivity index (χ3v) is 4.53. The van der Waals surface area contributed by atoms with Crippen molar-refractivity contribution in [2.45, 2.75) is 31.1 Å². The van der Waals surface area contributed by atoms with Gasteiger partial charge in [0.05, 0.1) is 4.90 Å². The van der Waals surface area contributed by atoms with Crippen molar-refractivity contribution in [3.05, 3.63) is 24.3 Å². The Balaban J connectivity index is 3.21. The predicted octanol–water partition coefficient (Wildman–Crippen LogP) is 2.07. The lowest BCUT2D eigenvalue weighted by atomic mass is 10.3. The average molecular weight is 341 g/mol. The Morgan fingerprint density at radius 1 is 1.36 bits per heavy atom. The van der Waals surface area contributed by atoms with Crippen LogP contribution in [-0.4, -0.2) is 42.7 Å². The number of halogens is 3. The third kappa shape index (κ3) is 4.88. The molecule has 124 valence electrons. The molecule has 1 aromatic rings. The van der Waals surface area contributed by atoms with Crippen molar-refractivity contribution in [2.75, 3.05) is 6.54 Å². The highest BCUT2D eigenvalue weighted by Crippen LogP contribution is 2.26. The topological polar surface area (TPSA) is 83.9 Å². The molecule has 1 aromatic carbocycles. The molecule has 6 nitrogen and oxygen atoms in total. The molecule has 0 saturated heterocycles. The van der Waals surface area contributed by atoms with Crippen molar-refractivity contribution in [1.82, 2.24) is 4.31 Å². The van der Waals surface area contributed by atoms with E-state index in [0.29, 0.717) is 10.4 Å². The molecule has 0 heterocycles. The van der Waals surface area contributed by atoms with Crippen LogP contribution in [0.1, 0.15) is 13.8 Å². The number of ether oxygens (including phenoxy) is 1. The molecular weight excluding hydrogens is 327 g/mol. The zero-order chi connectivity index (χ0) is 17.1. The van der Waals surface area contributed by atoms with Crippen LogP contribution in [0.3, 0.4) is 0 Å². The van der Waals surface area contributed by atoms with Crippen molar-refractivity contribution in [3.8, 4) is 5.75 Å². The van der Waals surface area contributed by atoms with Crippen LogP contribution in [0.5, 0.6) is 5.75 Å². The van der Waals surface area contributed by atoms with Crippen LogP contribution < -0.4 is 4.74 Å². The molecule has 0 amide bonds. The van der Waals surface area contributed by atoms with Gasteiger partial charge >= 0.3 is 12.3 Å². The molecule has 0 aromatic heterocycles. The number of rotatable bonds is 6. The molecule has 0 unspecified atom stereocenters. The van der Waals surface area contributed by atoms with Crippen LogP contribution in [0.4, 0.5) is 13.2 Å². The van der Waals surface area contributed by atoms with Gasteiger partial charge in [-0.1, -0.05) is 6.07 Å². The summed E-state index contributed by atoms with van der Waals surface area (Å²) >= 11 is 0. The van der Waals surface area contributed by atoms with Crippen molar-refractivity contribution in [2.24, 2.45) is 0 Å². The lowest BCUT2D eigenvalue weighted by Crippen LogP contribution is -2.40. The van der Waals surface area contributed by atoms with Gasteiger partial charge in [-0.05, 0) is 26.0 Å². The molecule has 22 heavy (non-hydrogen) atoms. The molecule has 10 heteroatoms. The Morgan fingerprint density at radius 3 is 2.41 bits per heavy atom. The molecule has 0 bridgehead atoms. The highest BCUT2D eigenvalue weighted by Gasteiger charge is 2.33. The van der Waals surface area contributed by atoms with Gasteiger partial charge in [-0.25, -0.2) is 8.42 Å². The summed E-state index contributed by atoms with van der Waals surface area (Å²) in [6, 6.07) is 3.10. The van der Waals surface area contributed by atoms with Gasteiger partial charge in [0.15, 0.2) is 0 Å². The number of hydrogen-bond acceptors (Lipinski definition) is 4. The van der Waals surface area contributed by atoms with E-state index < -0.39 is 45.6 Å². The van der Waals surface area contributed by atoms with E-state index in [9.17, 15) is 26.4 Å². The quantitative estimate of drug-likeness (QED) is 0.856. The molecule has 1 rings (SSSR count). The monoisotopic (exact) mass is 341 g/mol. The third-order valence-electron chi connectivity index (χ3n) is 2.51. The number of carboxylic acids is 1. The summed E-state index contributed by atoms with van der Waals surface area (Å²) in [5.74, 6) is -2.08. The first-order chi connectivity index (χ1) is 9.93. The van der Waals surface area contributed by atoms with E-state index in [4.69, 9.17) is 5.11 Å². The predicted molar refractivity (Wildman–Crippen MR) is 69.8 cm³/mol. The maximum absolute atomic E-state index is 12.4. The van der Waals surface area contributed by atoms with E-state index in [1.165, 1.54) is 13.8 Å². The van der Waals surface area contributed by atoms with E-state index in [1.54, 1.807) is 0 Å². The maximum atomic E-state index is 12.4. The number of nitrogens with zero attached hydrogens (tertiary/aromatic N) is 1. The second-order valence-corrected chi connectivity index (χ2v) is 6.45. The number of hydrogen-bond donors (Lipinski definition) is 1. The number of benzene rings is 1. The summed E-state index contributed by atoms with van der Waals surface area (Å²) in [6.07, 6.45) is -4.96. The zero-order valence-corrected chi connectivity index (χ0v) is 12.5. The Labute approximate surface area is 125 Å². The maximum Gasteiger partial charge on any atom is 0.573 e. The first-order valence-corrected chi connectivity index (χ1v) is 7.47. The molecule has 0 saturated carbocycles. The van der Waals surface area contributed by atoms with Crippen molar-refractivity contribution in [3.63, 3.8) is 0 Å². The van der Waals surface area contributed by atoms with Crippen LogP contribution >= 0.6 is 0 Å². The first-order valence-electron chi connectivity index (χ1n) is 6.03. The van der Waals surface area contributed by atoms with E-state index >= 15 is 0 Å². The molecule has 0 spiro atoms. The normalized spacial score (nSPS) is 12.7. The SMILES string of the molecule is CC(C)N(CC(=O)O)S(=O)(=O)c1cccc(OC(F)(F)F)c1. The number of carbonyl (C=O) groups is 1. The Morgan fingerprint density at radius 2 is 1.95 bits per heavy atom. The van der Waals surface area contributed by atoms with Gasteiger partial charge in [0.1, 0.15) is 12.3 Å². The molecule has 1 N–H and O–H groups in total.